The number of hydrogen-bond donors (Lipinski definition) is 5. The molecule has 5 rings (SSSR count). The second-order valence-corrected chi connectivity index (χ2v) is 14.8. The highest BCUT2D eigenvalue weighted by molar-refractivity contribution is 7.94. The minimum Gasteiger partial charge on any atom is -0.399 e. The van der Waals surface area contributed by atoms with Gasteiger partial charge in [0.15, 0.2) is 0 Å². The van der Waals surface area contributed by atoms with Crippen molar-refractivity contribution in [3.63, 3.8) is 0 Å². The third-order valence-corrected chi connectivity index (χ3v) is 9.90. The normalized spacial score (nSPS) is 12.9. The van der Waals surface area contributed by atoms with Crippen LogP contribution in [-0.2, 0) is 39.7 Å². The number of fused-ring (bicyclic) bond motifs is 2. The van der Waals surface area contributed by atoms with Crippen LogP contribution in [0.25, 0.3) is 21.5 Å². The molecule has 0 fully saturated rings. The molecule has 0 aliphatic heterocycles. The van der Waals surface area contributed by atoms with Gasteiger partial charge < -0.3 is 5.73 Å². The van der Waals surface area contributed by atoms with Crippen LogP contribution in [0.4, 0.5) is 28.4 Å². The number of aryl methyl sites for hydroxylation is 1. The second kappa shape index (κ2) is 13.2. The van der Waals surface area contributed by atoms with Crippen LogP contribution in [-0.4, -0.2) is 44.2 Å². The fraction of sp³-hybridized carbons (Fsp3) is 0.0370. The number of nitrogens with two attached hydrogens (primary N) is 1. The number of anilines is 1. The van der Waals surface area contributed by atoms with E-state index in [0.29, 0.717) is 29.0 Å². The van der Waals surface area contributed by atoms with Gasteiger partial charge in [-0.1, -0.05) is 17.2 Å². The number of nitrogens with zero attached hydrogens (tertiary/aromatic N) is 4. The average molecular weight is 736 g/mol. The molecule has 0 unspecified atom stereocenters. The maximum absolute atomic E-state index is 12.6. The Labute approximate surface area is 276 Å². The van der Waals surface area contributed by atoms with Gasteiger partial charge in [-0.15, -0.1) is 19.7 Å². The highest BCUT2D eigenvalue weighted by atomic mass is 32.2. The molecule has 0 heterocycles. The summed E-state index contributed by atoms with van der Waals surface area (Å²) in [4.78, 5) is -2.38. The van der Waals surface area contributed by atoms with Crippen LogP contribution in [0, 0.1) is 6.92 Å². The van der Waals surface area contributed by atoms with E-state index in [4.69, 9.17) is 11.0 Å². The van der Waals surface area contributed by atoms with Crippen LogP contribution >= 0.6 is 12.0 Å². The minimum atomic E-state index is -5.25. The summed E-state index contributed by atoms with van der Waals surface area (Å²) in [5.41, 5.74) is 6.49. The molecule has 0 amide bonds. The molecule has 0 saturated heterocycles. The van der Waals surface area contributed by atoms with E-state index in [9.17, 15) is 38.9 Å². The van der Waals surface area contributed by atoms with Crippen molar-refractivity contribution in [3.05, 3.63) is 78.4 Å². The SMILES string of the molecule is Cc1cc(N)ccc1N=Nc1ccc(N=Nc2c(S(=O)(=O)O)cc3cc(SOOO)ccc3c2S(=O)(=O)O)c2ccc(S(=O)(=O)O)cc12. The van der Waals surface area contributed by atoms with Crippen LogP contribution in [0.5, 0.6) is 0 Å². The molecule has 0 saturated carbocycles. The summed E-state index contributed by atoms with van der Waals surface area (Å²) < 4.78 is 108. The van der Waals surface area contributed by atoms with E-state index in [2.05, 4.69) is 29.8 Å². The van der Waals surface area contributed by atoms with Crippen molar-refractivity contribution >= 4 is 92.4 Å². The first kappa shape index (κ1) is 34.9. The lowest BCUT2D eigenvalue weighted by Gasteiger charge is -2.12. The first-order valence-electron chi connectivity index (χ1n) is 12.9. The van der Waals surface area contributed by atoms with Gasteiger partial charge in [-0.05, 0) is 78.5 Å². The van der Waals surface area contributed by atoms with Crippen molar-refractivity contribution in [2.45, 2.75) is 26.5 Å². The molecular weight excluding hydrogens is 715 g/mol. The molecule has 0 radical (unpaired) electrons. The lowest BCUT2D eigenvalue weighted by atomic mass is 10.1. The monoisotopic (exact) mass is 735 g/mol. The number of benzene rings is 5. The van der Waals surface area contributed by atoms with E-state index in [-0.39, 0.29) is 37.8 Å². The zero-order chi connectivity index (χ0) is 35.0. The smallest absolute Gasteiger partial charge is 0.297 e. The van der Waals surface area contributed by atoms with Gasteiger partial charge in [-0.25, -0.2) is 5.26 Å². The van der Waals surface area contributed by atoms with E-state index < -0.39 is 50.7 Å². The van der Waals surface area contributed by atoms with E-state index in [0.717, 1.165) is 18.2 Å². The fourth-order valence-electron chi connectivity index (χ4n) is 4.61. The summed E-state index contributed by atoms with van der Waals surface area (Å²) in [5.74, 6) is 0. The molecule has 21 heteroatoms. The van der Waals surface area contributed by atoms with E-state index in [1.54, 1.807) is 25.1 Å². The van der Waals surface area contributed by atoms with Gasteiger partial charge in [-0.2, -0.15) is 30.4 Å². The minimum absolute atomic E-state index is 0.0786. The molecule has 0 spiro atoms. The van der Waals surface area contributed by atoms with Crippen molar-refractivity contribution in [2.75, 3.05) is 5.73 Å². The first-order valence-corrected chi connectivity index (χ1v) is 18.0. The van der Waals surface area contributed by atoms with Crippen molar-refractivity contribution in [1.29, 1.82) is 0 Å². The molecule has 5 aromatic carbocycles. The van der Waals surface area contributed by atoms with E-state index in [1.165, 1.54) is 36.4 Å². The number of azo groups is 2. The van der Waals surface area contributed by atoms with Gasteiger partial charge in [-0.3, -0.25) is 13.7 Å². The summed E-state index contributed by atoms with van der Waals surface area (Å²) in [6, 6.07) is 15.5. The molecule has 0 aromatic heterocycles. The summed E-state index contributed by atoms with van der Waals surface area (Å²) in [5, 5.41) is 28.0. The van der Waals surface area contributed by atoms with Gasteiger partial charge in [0.1, 0.15) is 15.5 Å². The van der Waals surface area contributed by atoms with Crippen molar-refractivity contribution in [2.24, 2.45) is 20.5 Å². The highest BCUT2D eigenvalue weighted by Crippen LogP contribution is 2.42. The number of hydrogen-bond acceptors (Lipinski definition) is 15. The van der Waals surface area contributed by atoms with Gasteiger partial charge in [0.25, 0.3) is 30.4 Å². The van der Waals surface area contributed by atoms with Crippen LogP contribution in [0.1, 0.15) is 5.56 Å². The predicted octanol–water partition coefficient (Wildman–Crippen LogP) is 6.88. The molecule has 0 aliphatic carbocycles. The number of rotatable bonds is 10. The Morgan fingerprint density at radius 1 is 0.667 bits per heavy atom. The second-order valence-electron chi connectivity index (χ2n) is 9.84. The molecule has 5 aromatic rings. The summed E-state index contributed by atoms with van der Waals surface area (Å²) >= 11 is 0.471. The Morgan fingerprint density at radius 3 is 1.92 bits per heavy atom. The summed E-state index contributed by atoms with van der Waals surface area (Å²) in [7, 11) is -15.2. The van der Waals surface area contributed by atoms with E-state index in [1.807, 2.05) is 0 Å². The van der Waals surface area contributed by atoms with Gasteiger partial charge >= 0.3 is 0 Å². The molecule has 250 valence electrons. The summed E-state index contributed by atoms with van der Waals surface area (Å²) in [6.45, 7) is 1.75. The van der Waals surface area contributed by atoms with Crippen LogP contribution in [0.2, 0.25) is 0 Å². The molecular formula is C27H21N5O12S4. The maximum atomic E-state index is 12.6. The number of nitrogen functional groups attached to an aromatic ring is 1. The third kappa shape index (κ3) is 7.50. The quantitative estimate of drug-likeness (QED) is 0.0244. The first-order chi connectivity index (χ1) is 22.5. The molecule has 17 nitrogen and oxygen atoms in total. The summed E-state index contributed by atoms with van der Waals surface area (Å²) in [6.07, 6.45) is 0. The lowest BCUT2D eigenvalue weighted by molar-refractivity contribution is -0.432. The largest absolute Gasteiger partial charge is 0.399 e. The molecule has 0 aliphatic rings. The van der Waals surface area contributed by atoms with Gasteiger partial charge in [0.05, 0.1) is 34.0 Å². The zero-order valence-electron chi connectivity index (χ0n) is 24.0. The predicted molar refractivity (Wildman–Crippen MR) is 172 cm³/mol. The topological polar surface area (TPSA) is 277 Å². The Hall–Kier alpha value is -4.42. The Morgan fingerprint density at radius 2 is 1.29 bits per heavy atom. The van der Waals surface area contributed by atoms with Gasteiger partial charge in [0.2, 0.25) is 0 Å². The fourth-order valence-corrected chi connectivity index (χ4v) is 7.11. The Bertz CT molecular complexity index is 2510. The van der Waals surface area contributed by atoms with Crippen molar-refractivity contribution in [1.82, 2.24) is 0 Å². The Kier molecular flexibility index (Phi) is 9.62. The van der Waals surface area contributed by atoms with Gasteiger partial charge in [0, 0.05) is 26.7 Å². The van der Waals surface area contributed by atoms with E-state index >= 15 is 0 Å². The Balaban J connectivity index is 1.73. The van der Waals surface area contributed by atoms with Crippen LogP contribution in [0.15, 0.2) is 113 Å². The molecule has 0 bridgehead atoms. The standard InChI is InChI=1S/C27H21N5O12S4/c1-14-10-16(28)2-7-22(14)29-30-24-9-8-23(20-6-4-18(13-21(20)24)46(34,35)36)31-32-26-25(47(37,38)39)12-15-11-17(45-44-43-33)3-5-19(15)27(26)48(40,41)42/h2-13,33H,28H2,1H3,(H,34,35,36)(H,37,38,39)(H,40,41,42). The van der Waals surface area contributed by atoms with Crippen molar-refractivity contribution in [3.8, 4) is 0 Å². The zero-order valence-corrected chi connectivity index (χ0v) is 27.2. The van der Waals surface area contributed by atoms with Crippen LogP contribution in [0.3, 0.4) is 0 Å². The lowest BCUT2D eigenvalue weighted by Crippen LogP contribution is -2.06. The average Bonchev–Trinajstić information content (AvgIpc) is 3.00. The van der Waals surface area contributed by atoms with Crippen molar-refractivity contribution < 1.29 is 53.5 Å². The molecule has 48 heavy (non-hydrogen) atoms. The third-order valence-electron chi connectivity index (χ3n) is 6.68. The molecule has 6 N–H and O–H groups in total. The maximum Gasteiger partial charge on any atom is 0.297 e. The van der Waals surface area contributed by atoms with Crippen LogP contribution < -0.4 is 5.73 Å². The highest BCUT2D eigenvalue weighted by Gasteiger charge is 2.29. The molecule has 0 atom stereocenters.